The highest BCUT2D eigenvalue weighted by molar-refractivity contribution is 5.24. The van der Waals surface area contributed by atoms with E-state index in [2.05, 4.69) is 73.8 Å². The number of aryl methyl sites for hydroxylation is 2. The predicted octanol–water partition coefficient (Wildman–Crippen LogP) is 4.32. The third-order valence-corrected chi connectivity index (χ3v) is 3.78. The normalized spacial score (nSPS) is 12.3. The third kappa shape index (κ3) is 4.50. The molecule has 0 amide bonds. The van der Waals surface area contributed by atoms with Crippen molar-refractivity contribution in [1.29, 1.82) is 0 Å². The molecule has 0 radical (unpaired) electrons. The van der Waals surface area contributed by atoms with Crippen molar-refractivity contribution < 1.29 is 0 Å². The van der Waals surface area contributed by atoms with Crippen molar-refractivity contribution in [2.75, 3.05) is 13.1 Å². The van der Waals surface area contributed by atoms with Crippen LogP contribution >= 0.6 is 0 Å². The fourth-order valence-corrected chi connectivity index (χ4v) is 2.64. The van der Waals surface area contributed by atoms with Gasteiger partial charge in [0.25, 0.3) is 0 Å². The van der Waals surface area contributed by atoms with E-state index in [0.29, 0.717) is 5.92 Å². The largest absolute Gasteiger partial charge is 0.316 e. The van der Waals surface area contributed by atoms with Gasteiger partial charge in [-0.1, -0.05) is 67.1 Å². The highest BCUT2D eigenvalue weighted by atomic mass is 14.8. The minimum Gasteiger partial charge on any atom is -0.316 e. The second-order valence-electron chi connectivity index (χ2n) is 5.44. The Labute approximate surface area is 123 Å². The first kappa shape index (κ1) is 14.8. The molecule has 1 heteroatoms. The van der Waals surface area contributed by atoms with Crippen LogP contribution in [0.25, 0.3) is 0 Å². The van der Waals surface area contributed by atoms with Crippen molar-refractivity contribution in [2.24, 2.45) is 0 Å². The van der Waals surface area contributed by atoms with Gasteiger partial charge in [0, 0.05) is 6.54 Å². The highest BCUT2D eigenvalue weighted by Gasteiger charge is 2.10. The molecule has 20 heavy (non-hydrogen) atoms. The topological polar surface area (TPSA) is 12.0 Å². The van der Waals surface area contributed by atoms with Gasteiger partial charge >= 0.3 is 0 Å². The maximum Gasteiger partial charge on any atom is 0.00201 e. The molecule has 106 valence electrons. The summed E-state index contributed by atoms with van der Waals surface area (Å²) < 4.78 is 0. The lowest BCUT2D eigenvalue weighted by molar-refractivity contribution is 0.561. The first-order valence-corrected chi connectivity index (χ1v) is 7.60. The van der Waals surface area contributed by atoms with Crippen molar-refractivity contribution in [3.05, 3.63) is 71.3 Å². The summed E-state index contributed by atoms with van der Waals surface area (Å²) in [4.78, 5) is 0. The van der Waals surface area contributed by atoms with E-state index in [-0.39, 0.29) is 0 Å². The molecule has 0 saturated carbocycles. The molecule has 2 rings (SSSR count). The lowest BCUT2D eigenvalue weighted by Gasteiger charge is -2.18. The third-order valence-electron chi connectivity index (χ3n) is 3.78. The number of hydrogen-bond acceptors (Lipinski definition) is 1. The van der Waals surface area contributed by atoms with Gasteiger partial charge in [0.15, 0.2) is 0 Å². The second-order valence-corrected chi connectivity index (χ2v) is 5.44. The molecule has 1 atom stereocenters. The number of nitrogens with one attached hydrogen (secondary N) is 1. The smallest absolute Gasteiger partial charge is 0.00201 e. The van der Waals surface area contributed by atoms with Crippen LogP contribution in [0.1, 0.15) is 36.0 Å². The molecular weight excluding hydrogens is 242 g/mol. The standard InChI is InChI=1S/C19H25N/c1-3-20-15-19(18-10-5-4-6-11-18)13-12-17-9-7-8-16(2)14-17/h4-11,14,19-20H,3,12-13,15H2,1-2H3. The Morgan fingerprint density at radius 1 is 1.00 bits per heavy atom. The average molecular weight is 267 g/mol. The van der Waals surface area contributed by atoms with E-state index in [1.165, 1.54) is 23.1 Å². The van der Waals surface area contributed by atoms with Gasteiger partial charge in [0.2, 0.25) is 0 Å². The predicted molar refractivity (Wildman–Crippen MR) is 87.2 cm³/mol. The number of hydrogen-bond donors (Lipinski definition) is 1. The summed E-state index contributed by atoms with van der Waals surface area (Å²) in [7, 11) is 0. The van der Waals surface area contributed by atoms with Crippen molar-refractivity contribution in [2.45, 2.75) is 32.6 Å². The van der Waals surface area contributed by atoms with Crippen LogP contribution in [-0.4, -0.2) is 13.1 Å². The highest BCUT2D eigenvalue weighted by Crippen LogP contribution is 2.21. The van der Waals surface area contributed by atoms with Crippen molar-refractivity contribution in [1.82, 2.24) is 5.32 Å². The Kier molecular flexibility index (Phi) is 5.82. The van der Waals surface area contributed by atoms with Crippen LogP contribution in [0.3, 0.4) is 0 Å². The molecule has 2 aromatic rings. The molecule has 1 nitrogen and oxygen atoms in total. The summed E-state index contributed by atoms with van der Waals surface area (Å²) in [6.45, 7) is 6.43. The summed E-state index contributed by atoms with van der Waals surface area (Å²) in [6.07, 6.45) is 2.34. The van der Waals surface area contributed by atoms with Gasteiger partial charge < -0.3 is 5.32 Å². The molecule has 0 aliphatic rings. The number of rotatable bonds is 7. The van der Waals surface area contributed by atoms with Crippen molar-refractivity contribution in [3.63, 3.8) is 0 Å². The minimum atomic E-state index is 0.594. The molecular formula is C19H25N. The quantitative estimate of drug-likeness (QED) is 0.787. The van der Waals surface area contributed by atoms with Crippen LogP contribution < -0.4 is 5.32 Å². The van der Waals surface area contributed by atoms with E-state index in [1.807, 2.05) is 0 Å². The van der Waals surface area contributed by atoms with Crippen molar-refractivity contribution in [3.8, 4) is 0 Å². The van der Waals surface area contributed by atoms with Crippen LogP contribution in [0.5, 0.6) is 0 Å². The molecule has 0 spiro atoms. The zero-order valence-electron chi connectivity index (χ0n) is 12.6. The molecule has 1 unspecified atom stereocenters. The fraction of sp³-hybridized carbons (Fsp3) is 0.368. The summed E-state index contributed by atoms with van der Waals surface area (Å²) in [5, 5.41) is 3.49. The summed E-state index contributed by atoms with van der Waals surface area (Å²) in [6, 6.07) is 19.7. The average Bonchev–Trinajstić information content (AvgIpc) is 2.48. The molecule has 0 aliphatic carbocycles. The van der Waals surface area contributed by atoms with Gasteiger partial charge in [0.05, 0.1) is 0 Å². The zero-order valence-corrected chi connectivity index (χ0v) is 12.6. The van der Waals surface area contributed by atoms with Gasteiger partial charge in [-0.2, -0.15) is 0 Å². The Morgan fingerprint density at radius 2 is 1.80 bits per heavy atom. The van der Waals surface area contributed by atoms with Gasteiger partial charge in [0.1, 0.15) is 0 Å². The molecule has 0 aromatic heterocycles. The van der Waals surface area contributed by atoms with E-state index in [9.17, 15) is 0 Å². The van der Waals surface area contributed by atoms with Gasteiger partial charge in [-0.25, -0.2) is 0 Å². The number of likely N-dealkylation sites (N-methyl/N-ethyl adjacent to an activating group) is 1. The Bertz CT molecular complexity index is 504. The molecule has 0 heterocycles. The van der Waals surface area contributed by atoms with Gasteiger partial charge in [-0.15, -0.1) is 0 Å². The number of benzene rings is 2. The van der Waals surface area contributed by atoms with E-state index in [4.69, 9.17) is 0 Å². The fourth-order valence-electron chi connectivity index (χ4n) is 2.64. The molecule has 0 aliphatic heterocycles. The second kappa shape index (κ2) is 7.86. The first-order valence-electron chi connectivity index (χ1n) is 7.60. The molecule has 1 N–H and O–H groups in total. The van der Waals surface area contributed by atoms with E-state index in [0.717, 1.165) is 19.5 Å². The van der Waals surface area contributed by atoms with Crippen LogP contribution in [0.4, 0.5) is 0 Å². The van der Waals surface area contributed by atoms with Gasteiger partial charge in [-0.3, -0.25) is 0 Å². The first-order chi connectivity index (χ1) is 9.79. The maximum atomic E-state index is 3.49. The Morgan fingerprint density at radius 3 is 2.50 bits per heavy atom. The van der Waals surface area contributed by atoms with Crippen LogP contribution in [-0.2, 0) is 6.42 Å². The van der Waals surface area contributed by atoms with E-state index in [1.54, 1.807) is 0 Å². The molecule has 0 fully saturated rings. The van der Waals surface area contributed by atoms with E-state index < -0.39 is 0 Å². The summed E-state index contributed by atoms with van der Waals surface area (Å²) in [5.74, 6) is 0.594. The summed E-state index contributed by atoms with van der Waals surface area (Å²) in [5.41, 5.74) is 4.24. The molecule has 0 saturated heterocycles. The minimum absolute atomic E-state index is 0.594. The lowest BCUT2D eigenvalue weighted by atomic mass is 9.92. The lowest BCUT2D eigenvalue weighted by Crippen LogP contribution is -2.21. The Balaban J connectivity index is 2.01. The maximum absolute atomic E-state index is 3.49. The van der Waals surface area contributed by atoms with Crippen molar-refractivity contribution >= 4 is 0 Å². The molecule has 0 bridgehead atoms. The monoisotopic (exact) mass is 267 g/mol. The van der Waals surface area contributed by atoms with Crippen LogP contribution in [0, 0.1) is 6.92 Å². The zero-order chi connectivity index (χ0) is 14.2. The van der Waals surface area contributed by atoms with Crippen LogP contribution in [0.15, 0.2) is 54.6 Å². The Hall–Kier alpha value is -1.60. The van der Waals surface area contributed by atoms with Crippen LogP contribution in [0.2, 0.25) is 0 Å². The SMILES string of the molecule is CCNCC(CCc1cccc(C)c1)c1ccccc1. The summed E-state index contributed by atoms with van der Waals surface area (Å²) >= 11 is 0. The van der Waals surface area contributed by atoms with Gasteiger partial charge in [-0.05, 0) is 43.4 Å². The molecule has 2 aromatic carbocycles. The van der Waals surface area contributed by atoms with E-state index >= 15 is 0 Å².